The molecule has 98 valence electrons. The number of hydrogen-bond donors (Lipinski definition) is 2. The lowest BCUT2D eigenvalue weighted by Crippen LogP contribution is -2.31. The fourth-order valence-electron chi connectivity index (χ4n) is 2.13. The van der Waals surface area contributed by atoms with Crippen molar-refractivity contribution in [2.75, 3.05) is 13.1 Å². The molecule has 0 spiro atoms. The van der Waals surface area contributed by atoms with Gasteiger partial charge in [0.2, 0.25) is 0 Å². The van der Waals surface area contributed by atoms with E-state index in [0.717, 1.165) is 25.5 Å². The van der Waals surface area contributed by atoms with E-state index in [0.29, 0.717) is 17.6 Å². The monoisotopic (exact) mass is 270 g/mol. The fraction of sp³-hybridized carbons (Fsp3) is 0.462. The SMILES string of the molecule is O=C(NCC[C@@H]1CCCN1)c1ccc(Cl)cc1F. The predicted molar refractivity (Wildman–Crippen MR) is 69.4 cm³/mol. The van der Waals surface area contributed by atoms with Gasteiger partial charge in [-0.15, -0.1) is 0 Å². The smallest absolute Gasteiger partial charge is 0.254 e. The van der Waals surface area contributed by atoms with E-state index in [2.05, 4.69) is 10.6 Å². The maximum Gasteiger partial charge on any atom is 0.254 e. The van der Waals surface area contributed by atoms with Gasteiger partial charge in [-0.2, -0.15) is 0 Å². The second-order valence-electron chi connectivity index (χ2n) is 4.46. The molecule has 3 nitrogen and oxygen atoms in total. The lowest BCUT2D eigenvalue weighted by atomic mass is 10.1. The standard InChI is InChI=1S/C13H16ClFN2O/c14-9-3-4-11(12(15)8-9)13(18)17-7-5-10-2-1-6-16-10/h3-4,8,10,16H,1-2,5-7H2,(H,17,18)/t10-/m0/s1. The molecular weight excluding hydrogens is 255 g/mol. The molecule has 1 heterocycles. The molecule has 1 aliphatic rings. The lowest BCUT2D eigenvalue weighted by Gasteiger charge is -2.11. The first kappa shape index (κ1) is 13.3. The van der Waals surface area contributed by atoms with Crippen LogP contribution in [0.1, 0.15) is 29.6 Å². The van der Waals surface area contributed by atoms with Crippen molar-refractivity contribution in [3.05, 3.63) is 34.6 Å². The van der Waals surface area contributed by atoms with Crippen molar-refractivity contribution in [2.24, 2.45) is 0 Å². The molecule has 1 atom stereocenters. The van der Waals surface area contributed by atoms with E-state index in [9.17, 15) is 9.18 Å². The average Bonchev–Trinajstić information content (AvgIpc) is 2.81. The zero-order chi connectivity index (χ0) is 13.0. The fourth-order valence-corrected chi connectivity index (χ4v) is 2.29. The Hall–Kier alpha value is -1.13. The van der Waals surface area contributed by atoms with Gasteiger partial charge in [-0.3, -0.25) is 4.79 Å². The molecule has 0 saturated carbocycles. The second-order valence-corrected chi connectivity index (χ2v) is 4.90. The van der Waals surface area contributed by atoms with Crippen LogP contribution in [0, 0.1) is 5.82 Å². The minimum absolute atomic E-state index is 0.0405. The molecule has 0 aromatic heterocycles. The highest BCUT2D eigenvalue weighted by atomic mass is 35.5. The van der Waals surface area contributed by atoms with Crippen LogP contribution in [0.15, 0.2) is 18.2 Å². The summed E-state index contributed by atoms with van der Waals surface area (Å²) in [7, 11) is 0. The third-order valence-corrected chi connectivity index (χ3v) is 3.35. The van der Waals surface area contributed by atoms with Gasteiger partial charge in [0.15, 0.2) is 0 Å². The number of nitrogens with one attached hydrogen (secondary N) is 2. The number of rotatable bonds is 4. The highest BCUT2D eigenvalue weighted by molar-refractivity contribution is 6.30. The molecule has 0 bridgehead atoms. The normalized spacial score (nSPS) is 18.9. The van der Waals surface area contributed by atoms with E-state index in [1.54, 1.807) is 0 Å². The molecule has 0 unspecified atom stereocenters. The summed E-state index contributed by atoms with van der Waals surface area (Å²) in [6.45, 7) is 1.60. The molecular formula is C13H16ClFN2O. The Bertz CT molecular complexity index is 433. The summed E-state index contributed by atoms with van der Waals surface area (Å²) in [4.78, 5) is 11.7. The van der Waals surface area contributed by atoms with E-state index in [1.807, 2.05) is 0 Å². The molecule has 18 heavy (non-hydrogen) atoms. The number of carbonyl (C=O) groups excluding carboxylic acids is 1. The van der Waals surface area contributed by atoms with Crippen LogP contribution in [-0.2, 0) is 0 Å². The summed E-state index contributed by atoms with van der Waals surface area (Å²) < 4.78 is 13.5. The van der Waals surface area contributed by atoms with Gasteiger partial charge < -0.3 is 10.6 Å². The van der Waals surface area contributed by atoms with Crippen LogP contribution in [0.4, 0.5) is 4.39 Å². The van der Waals surface area contributed by atoms with Crippen LogP contribution < -0.4 is 10.6 Å². The molecule has 1 saturated heterocycles. The van der Waals surface area contributed by atoms with Gasteiger partial charge in [-0.05, 0) is 44.0 Å². The first-order valence-corrected chi connectivity index (χ1v) is 6.51. The van der Waals surface area contributed by atoms with Gasteiger partial charge in [0, 0.05) is 17.6 Å². The molecule has 1 aromatic carbocycles. The van der Waals surface area contributed by atoms with Crippen LogP contribution >= 0.6 is 11.6 Å². The van der Waals surface area contributed by atoms with Crippen molar-refractivity contribution in [1.82, 2.24) is 10.6 Å². The lowest BCUT2D eigenvalue weighted by molar-refractivity contribution is 0.0948. The van der Waals surface area contributed by atoms with E-state index in [4.69, 9.17) is 11.6 Å². The van der Waals surface area contributed by atoms with Crippen LogP contribution in [-0.4, -0.2) is 25.0 Å². The molecule has 1 fully saturated rings. The van der Waals surface area contributed by atoms with Crippen LogP contribution in [0.2, 0.25) is 5.02 Å². The van der Waals surface area contributed by atoms with Gasteiger partial charge >= 0.3 is 0 Å². The highest BCUT2D eigenvalue weighted by Gasteiger charge is 2.15. The van der Waals surface area contributed by atoms with Crippen molar-refractivity contribution >= 4 is 17.5 Å². The Morgan fingerprint density at radius 3 is 3.06 bits per heavy atom. The Labute approximate surface area is 111 Å². The minimum Gasteiger partial charge on any atom is -0.352 e. The Morgan fingerprint density at radius 1 is 1.56 bits per heavy atom. The van der Waals surface area contributed by atoms with E-state index < -0.39 is 5.82 Å². The number of benzene rings is 1. The molecule has 2 rings (SSSR count). The van der Waals surface area contributed by atoms with Crippen LogP contribution in [0.3, 0.4) is 0 Å². The number of halogens is 2. The number of amides is 1. The number of hydrogen-bond acceptors (Lipinski definition) is 2. The molecule has 0 radical (unpaired) electrons. The topological polar surface area (TPSA) is 41.1 Å². The van der Waals surface area contributed by atoms with Crippen LogP contribution in [0.25, 0.3) is 0 Å². The van der Waals surface area contributed by atoms with Crippen LogP contribution in [0.5, 0.6) is 0 Å². The Kier molecular flexibility index (Phi) is 4.55. The van der Waals surface area contributed by atoms with E-state index >= 15 is 0 Å². The van der Waals surface area contributed by atoms with Gasteiger partial charge in [-0.1, -0.05) is 11.6 Å². The maximum atomic E-state index is 13.5. The number of carbonyl (C=O) groups is 1. The molecule has 5 heteroatoms. The minimum atomic E-state index is -0.584. The Morgan fingerprint density at radius 2 is 2.39 bits per heavy atom. The van der Waals surface area contributed by atoms with Crippen molar-refractivity contribution in [1.29, 1.82) is 0 Å². The second kappa shape index (κ2) is 6.16. The van der Waals surface area contributed by atoms with E-state index in [-0.39, 0.29) is 11.5 Å². The van der Waals surface area contributed by atoms with Gasteiger partial charge in [0.1, 0.15) is 5.82 Å². The Balaban J connectivity index is 1.83. The van der Waals surface area contributed by atoms with Crippen molar-refractivity contribution in [2.45, 2.75) is 25.3 Å². The molecule has 0 aliphatic carbocycles. The molecule has 1 aliphatic heterocycles. The van der Waals surface area contributed by atoms with Gasteiger partial charge in [0.25, 0.3) is 5.91 Å². The van der Waals surface area contributed by atoms with Gasteiger partial charge in [-0.25, -0.2) is 4.39 Å². The molecule has 1 aromatic rings. The third-order valence-electron chi connectivity index (χ3n) is 3.12. The molecule has 1 amide bonds. The largest absolute Gasteiger partial charge is 0.352 e. The predicted octanol–water partition coefficient (Wildman–Crippen LogP) is 2.35. The zero-order valence-electron chi connectivity index (χ0n) is 10.0. The summed E-state index contributed by atoms with van der Waals surface area (Å²) in [5, 5.41) is 6.36. The summed E-state index contributed by atoms with van der Waals surface area (Å²) in [5.41, 5.74) is 0.0405. The van der Waals surface area contributed by atoms with E-state index in [1.165, 1.54) is 18.6 Å². The quantitative estimate of drug-likeness (QED) is 0.882. The van der Waals surface area contributed by atoms with Crippen molar-refractivity contribution < 1.29 is 9.18 Å². The first-order valence-electron chi connectivity index (χ1n) is 6.13. The maximum absolute atomic E-state index is 13.5. The summed E-state index contributed by atoms with van der Waals surface area (Å²) >= 11 is 5.63. The third kappa shape index (κ3) is 3.43. The summed E-state index contributed by atoms with van der Waals surface area (Å²) in [6, 6.07) is 4.54. The molecule has 2 N–H and O–H groups in total. The zero-order valence-corrected chi connectivity index (χ0v) is 10.8. The summed E-state index contributed by atoms with van der Waals surface area (Å²) in [5.74, 6) is -0.971. The van der Waals surface area contributed by atoms with Crippen molar-refractivity contribution in [3.8, 4) is 0 Å². The average molecular weight is 271 g/mol. The van der Waals surface area contributed by atoms with Crippen molar-refractivity contribution in [3.63, 3.8) is 0 Å². The van der Waals surface area contributed by atoms with Gasteiger partial charge in [0.05, 0.1) is 5.56 Å². The summed E-state index contributed by atoms with van der Waals surface area (Å²) in [6.07, 6.45) is 3.20. The highest BCUT2D eigenvalue weighted by Crippen LogP contribution is 2.14. The first-order chi connectivity index (χ1) is 8.66.